The highest BCUT2D eigenvalue weighted by atomic mass is 16.1. The summed E-state index contributed by atoms with van der Waals surface area (Å²) in [4.78, 5) is 22.7. The molecule has 0 radical (unpaired) electrons. The summed E-state index contributed by atoms with van der Waals surface area (Å²) in [5.41, 5.74) is 6.62. The molecule has 1 saturated heterocycles. The molecule has 1 aliphatic rings. The summed E-state index contributed by atoms with van der Waals surface area (Å²) in [6.45, 7) is 1.52. The lowest BCUT2D eigenvalue weighted by molar-refractivity contribution is -0.124. The quantitative estimate of drug-likeness (QED) is 0.821. The molecule has 2 aromatic heterocycles. The molecule has 0 spiro atoms. The molecule has 7 heteroatoms. The van der Waals surface area contributed by atoms with Crippen molar-refractivity contribution in [3.05, 3.63) is 18.6 Å². The van der Waals surface area contributed by atoms with Crippen molar-refractivity contribution in [3.63, 3.8) is 0 Å². The monoisotopic (exact) mass is 274 g/mol. The highest BCUT2D eigenvalue weighted by molar-refractivity contribution is 5.79. The second kappa shape index (κ2) is 4.99. The minimum absolute atomic E-state index is 0.00741. The fourth-order valence-corrected chi connectivity index (χ4v) is 2.73. The second-order valence-electron chi connectivity index (χ2n) is 5.05. The number of nitrogens with zero attached hydrogens (tertiary/aromatic N) is 4. The van der Waals surface area contributed by atoms with Gasteiger partial charge in [0.15, 0.2) is 11.5 Å². The van der Waals surface area contributed by atoms with E-state index in [2.05, 4.69) is 20.2 Å². The van der Waals surface area contributed by atoms with E-state index in [1.807, 2.05) is 10.6 Å². The number of aromatic nitrogens is 3. The minimum atomic E-state index is -0.00741. The zero-order valence-corrected chi connectivity index (χ0v) is 11.4. The largest absolute Gasteiger partial charge is 0.382 e. The molecule has 0 aromatic carbocycles. The van der Waals surface area contributed by atoms with Gasteiger partial charge < -0.3 is 20.4 Å². The van der Waals surface area contributed by atoms with Crippen molar-refractivity contribution in [2.75, 3.05) is 30.8 Å². The van der Waals surface area contributed by atoms with Gasteiger partial charge in [-0.15, -0.1) is 0 Å². The number of piperidine rings is 1. The molecule has 3 rings (SSSR count). The van der Waals surface area contributed by atoms with Crippen LogP contribution in [-0.4, -0.2) is 40.4 Å². The summed E-state index contributed by atoms with van der Waals surface area (Å²) < 4.78 is 1.86. The number of anilines is 2. The Labute approximate surface area is 116 Å². The maximum Gasteiger partial charge on any atom is 0.224 e. The van der Waals surface area contributed by atoms with Gasteiger partial charge >= 0.3 is 0 Å². The van der Waals surface area contributed by atoms with E-state index in [1.165, 1.54) is 0 Å². The summed E-state index contributed by atoms with van der Waals surface area (Å²) in [7, 11) is 1.67. The van der Waals surface area contributed by atoms with Gasteiger partial charge in [-0.25, -0.2) is 9.97 Å². The van der Waals surface area contributed by atoms with Gasteiger partial charge in [0.2, 0.25) is 5.91 Å². The van der Waals surface area contributed by atoms with Gasteiger partial charge in [-0.3, -0.25) is 4.79 Å². The standard InChI is InChI=1S/C13H18N6O/c1-15-13(20)9-3-2-5-18(7-9)12-11-16-4-6-19(11)8-10(14)17-12/h4,6,8-9H,2-3,5,7,14H2,1H3,(H,15,20). The molecule has 0 saturated carbocycles. The number of hydrogen-bond donors (Lipinski definition) is 2. The molecule has 0 bridgehead atoms. The molecule has 2 aromatic rings. The number of rotatable bonds is 2. The van der Waals surface area contributed by atoms with E-state index < -0.39 is 0 Å². The lowest BCUT2D eigenvalue weighted by Crippen LogP contribution is -2.42. The molecule has 106 valence electrons. The molecule has 1 aliphatic heterocycles. The molecule has 1 fully saturated rings. The van der Waals surface area contributed by atoms with Crippen molar-refractivity contribution in [1.82, 2.24) is 19.7 Å². The van der Waals surface area contributed by atoms with Crippen LogP contribution in [0.4, 0.5) is 11.6 Å². The normalized spacial score (nSPS) is 19.2. The van der Waals surface area contributed by atoms with Gasteiger partial charge in [0.1, 0.15) is 5.82 Å². The number of fused-ring (bicyclic) bond motifs is 1. The van der Waals surface area contributed by atoms with E-state index >= 15 is 0 Å². The fraction of sp³-hybridized carbons (Fsp3) is 0.462. The minimum Gasteiger partial charge on any atom is -0.382 e. The van der Waals surface area contributed by atoms with E-state index in [1.54, 1.807) is 19.4 Å². The summed E-state index contributed by atoms with van der Waals surface area (Å²) >= 11 is 0. The number of nitrogens with two attached hydrogens (primary N) is 1. The Kier molecular flexibility index (Phi) is 3.17. The van der Waals surface area contributed by atoms with Gasteiger partial charge in [-0.2, -0.15) is 0 Å². The molecular formula is C13H18N6O. The van der Waals surface area contributed by atoms with E-state index in [0.717, 1.165) is 30.9 Å². The average Bonchev–Trinajstić information content (AvgIpc) is 2.93. The van der Waals surface area contributed by atoms with Crippen LogP contribution in [0.1, 0.15) is 12.8 Å². The molecule has 1 atom stereocenters. The van der Waals surface area contributed by atoms with Crippen molar-refractivity contribution in [2.24, 2.45) is 5.92 Å². The van der Waals surface area contributed by atoms with Crippen LogP contribution in [0.3, 0.4) is 0 Å². The van der Waals surface area contributed by atoms with Gasteiger partial charge in [0.25, 0.3) is 0 Å². The molecule has 1 amide bonds. The number of carbonyl (C=O) groups excluding carboxylic acids is 1. The third-order valence-corrected chi connectivity index (χ3v) is 3.71. The van der Waals surface area contributed by atoms with Crippen molar-refractivity contribution < 1.29 is 4.79 Å². The van der Waals surface area contributed by atoms with Gasteiger partial charge in [-0.05, 0) is 12.8 Å². The Balaban J connectivity index is 1.94. The van der Waals surface area contributed by atoms with E-state index in [4.69, 9.17) is 5.73 Å². The van der Waals surface area contributed by atoms with Gasteiger partial charge in [-0.1, -0.05) is 0 Å². The first kappa shape index (κ1) is 12.7. The van der Waals surface area contributed by atoms with Gasteiger partial charge in [0.05, 0.1) is 12.1 Å². The first-order chi connectivity index (χ1) is 9.69. The molecule has 1 unspecified atom stereocenters. The Morgan fingerprint density at radius 2 is 2.40 bits per heavy atom. The maximum absolute atomic E-state index is 11.8. The lowest BCUT2D eigenvalue weighted by Gasteiger charge is -2.32. The average molecular weight is 274 g/mol. The van der Waals surface area contributed by atoms with Crippen molar-refractivity contribution in [3.8, 4) is 0 Å². The van der Waals surface area contributed by atoms with Crippen LogP contribution < -0.4 is 16.0 Å². The van der Waals surface area contributed by atoms with Crippen LogP contribution in [0.25, 0.3) is 5.65 Å². The highest BCUT2D eigenvalue weighted by Gasteiger charge is 2.27. The summed E-state index contributed by atoms with van der Waals surface area (Å²) in [6, 6.07) is 0. The summed E-state index contributed by atoms with van der Waals surface area (Å²) in [6.07, 6.45) is 7.17. The fourth-order valence-electron chi connectivity index (χ4n) is 2.73. The van der Waals surface area contributed by atoms with E-state index in [9.17, 15) is 4.79 Å². The number of imidazole rings is 1. The number of carbonyl (C=O) groups is 1. The molecule has 3 heterocycles. The Hall–Kier alpha value is -2.31. The zero-order chi connectivity index (χ0) is 14.1. The van der Waals surface area contributed by atoms with Crippen LogP contribution in [0.2, 0.25) is 0 Å². The first-order valence-electron chi connectivity index (χ1n) is 6.75. The third-order valence-electron chi connectivity index (χ3n) is 3.71. The van der Waals surface area contributed by atoms with E-state index in [0.29, 0.717) is 12.4 Å². The predicted molar refractivity (Wildman–Crippen MR) is 76.4 cm³/mol. The van der Waals surface area contributed by atoms with Crippen LogP contribution >= 0.6 is 0 Å². The van der Waals surface area contributed by atoms with Crippen molar-refractivity contribution in [1.29, 1.82) is 0 Å². The number of amides is 1. The van der Waals surface area contributed by atoms with Crippen LogP contribution in [-0.2, 0) is 4.79 Å². The number of hydrogen-bond acceptors (Lipinski definition) is 5. The van der Waals surface area contributed by atoms with Crippen LogP contribution in [0.15, 0.2) is 18.6 Å². The molecule has 0 aliphatic carbocycles. The SMILES string of the molecule is CNC(=O)C1CCCN(c2nc(N)cn3ccnc23)C1. The maximum atomic E-state index is 11.8. The van der Waals surface area contributed by atoms with Crippen LogP contribution in [0.5, 0.6) is 0 Å². The highest BCUT2D eigenvalue weighted by Crippen LogP contribution is 2.25. The Morgan fingerprint density at radius 3 is 3.20 bits per heavy atom. The topological polar surface area (TPSA) is 88.5 Å². The lowest BCUT2D eigenvalue weighted by atomic mass is 9.97. The summed E-state index contributed by atoms with van der Waals surface area (Å²) in [5, 5.41) is 2.72. The van der Waals surface area contributed by atoms with Crippen LogP contribution in [0, 0.1) is 5.92 Å². The Morgan fingerprint density at radius 1 is 1.55 bits per heavy atom. The van der Waals surface area contributed by atoms with E-state index in [-0.39, 0.29) is 11.8 Å². The molecule has 3 N–H and O–H groups in total. The molecular weight excluding hydrogens is 256 g/mol. The van der Waals surface area contributed by atoms with Crippen molar-refractivity contribution >= 4 is 23.2 Å². The second-order valence-corrected chi connectivity index (χ2v) is 5.05. The smallest absolute Gasteiger partial charge is 0.224 e. The van der Waals surface area contributed by atoms with Gasteiger partial charge in [0, 0.05) is 32.5 Å². The Bertz CT molecular complexity index is 637. The first-order valence-corrected chi connectivity index (χ1v) is 6.75. The molecule has 20 heavy (non-hydrogen) atoms. The predicted octanol–water partition coefficient (Wildman–Crippen LogP) is 0.274. The third kappa shape index (κ3) is 2.15. The number of nitrogens with one attached hydrogen (secondary N) is 1. The molecule has 7 nitrogen and oxygen atoms in total. The number of nitrogen functional groups attached to an aromatic ring is 1. The van der Waals surface area contributed by atoms with Crippen molar-refractivity contribution in [2.45, 2.75) is 12.8 Å². The summed E-state index contributed by atoms with van der Waals surface area (Å²) in [5.74, 6) is 1.28. The zero-order valence-electron chi connectivity index (χ0n) is 11.4.